The van der Waals surface area contributed by atoms with Gasteiger partial charge in [-0.3, -0.25) is 9.59 Å². The summed E-state index contributed by atoms with van der Waals surface area (Å²) in [7, 11) is 1.47. The second kappa shape index (κ2) is 6.02. The van der Waals surface area contributed by atoms with Gasteiger partial charge in [0.1, 0.15) is 5.75 Å². The minimum atomic E-state index is -0.680. The molecule has 2 aromatic rings. The molecular formula is C16H15NO3. The summed E-state index contributed by atoms with van der Waals surface area (Å²) in [6.07, 6.45) is 0. The number of Topliss-reactive ketones (excluding diaryl/α,β-unsaturated/α-hetero) is 1. The van der Waals surface area contributed by atoms with Crippen molar-refractivity contribution in [2.75, 3.05) is 12.4 Å². The normalized spacial score (nSPS) is 9.90. The molecule has 0 saturated heterocycles. The number of hydrogen-bond donors (Lipinski definition) is 1. The number of nitrogens with one attached hydrogen (secondary N) is 1. The average molecular weight is 269 g/mol. The fourth-order valence-corrected chi connectivity index (χ4v) is 1.83. The van der Waals surface area contributed by atoms with E-state index in [0.29, 0.717) is 11.4 Å². The van der Waals surface area contributed by atoms with Gasteiger partial charge in [-0.05, 0) is 31.2 Å². The van der Waals surface area contributed by atoms with Crippen molar-refractivity contribution < 1.29 is 14.3 Å². The molecule has 4 heteroatoms. The van der Waals surface area contributed by atoms with Gasteiger partial charge in [-0.1, -0.05) is 29.8 Å². The standard InChI is InChI=1S/C16H15NO3/c1-11-8-9-14(20-2)13(10-11)15(18)16(19)17-12-6-4-3-5-7-12/h3-10H,1-2H3,(H,17,19). The van der Waals surface area contributed by atoms with Crippen LogP contribution in [0.4, 0.5) is 5.69 Å². The molecule has 0 atom stereocenters. The predicted molar refractivity (Wildman–Crippen MR) is 77.1 cm³/mol. The van der Waals surface area contributed by atoms with Gasteiger partial charge in [0.05, 0.1) is 12.7 Å². The number of carbonyl (C=O) groups excluding carboxylic acids is 2. The Balaban J connectivity index is 2.23. The SMILES string of the molecule is COc1ccc(C)cc1C(=O)C(=O)Nc1ccccc1. The smallest absolute Gasteiger partial charge is 0.296 e. The van der Waals surface area contributed by atoms with Crippen LogP contribution >= 0.6 is 0 Å². The Morgan fingerprint density at radius 2 is 1.75 bits per heavy atom. The topological polar surface area (TPSA) is 55.4 Å². The van der Waals surface area contributed by atoms with Crippen molar-refractivity contribution in [3.05, 3.63) is 59.7 Å². The van der Waals surface area contributed by atoms with E-state index in [0.717, 1.165) is 5.56 Å². The van der Waals surface area contributed by atoms with Crippen LogP contribution in [0.2, 0.25) is 0 Å². The molecule has 0 fully saturated rings. The molecule has 0 bridgehead atoms. The molecule has 0 aliphatic heterocycles. The van der Waals surface area contributed by atoms with Crippen LogP contribution in [0.25, 0.3) is 0 Å². The molecule has 0 aromatic heterocycles. The number of rotatable bonds is 4. The Morgan fingerprint density at radius 3 is 2.40 bits per heavy atom. The van der Waals surface area contributed by atoms with Crippen LogP contribution in [0.3, 0.4) is 0 Å². The maximum Gasteiger partial charge on any atom is 0.296 e. The molecule has 20 heavy (non-hydrogen) atoms. The summed E-state index contributed by atoms with van der Waals surface area (Å²) in [6.45, 7) is 1.85. The van der Waals surface area contributed by atoms with Crippen molar-refractivity contribution >= 4 is 17.4 Å². The van der Waals surface area contributed by atoms with Gasteiger partial charge in [-0.2, -0.15) is 0 Å². The molecule has 0 aliphatic carbocycles. The van der Waals surface area contributed by atoms with Crippen LogP contribution in [-0.2, 0) is 4.79 Å². The lowest BCUT2D eigenvalue weighted by Gasteiger charge is -2.09. The van der Waals surface area contributed by atoms with Crippen molar-refractivity contribution in [2.45, 2.75) is 6.92 Å². The number of ketones is 1. The Bertz CT molecular complexity index is 635. The lowest BCUT2D eigenvalue weighted by Crippen LogP contribution is -2.23. The first-order valence-corrected chi connectivity index (χ1v) is 6.17. The number of carbonyl (C=O) groups is 2. The van der Waals surface area contributed by atoms with E-state index in [9.17, 15) is 9.59 Å². The molecule has 0 spiro atoms. The maximum atomic E-state index is 12.2. The van der Waals surface area contributed by atoms with Gasteiger partial charge < -0.3 is 10.1 Å². The molecule has 0 aliphatic rings. The molecule has 0 unspecified atom stereocenters. The molecule has 4 nitrogen and oxygen atoms in total. The molecular weight excluding hydrogens is 254 g/mol. The summed E-state index contributed by atoms with van der Waals surface area (Å²) in [4.78, 5) is 24.2. The van der Waals surface area contributed by atoms with Crippen LogP contribution in [0.5, 0.6) is 5.75 Å². The first-order chi connectivity index (χ1) is 9.61. The lowest BCUT2D eigenvalue weighted by molar-refractivity contribution is -0.112. The molecule has 2 aromatic carbocycles. The van der Waals surface area contributed by atoms with Crippen LogP contribution in [-0.4, -0.2) is 18.8 Å². The molecule has 1 amide bonds. The highest BCUT2D eigenvalue weighted by Crippen LogP contribution is 2.20. The Kier molecular flexibility index (Phi) is 4.15. The molecule has 0 radical (unpaired) electrons. The average Bonchev–Trinajstić information content (AvgIpc) is 2.47. The van der Waals surface area contributed by atoms with E-state index in [2.05, 4.69) is 5.32 Å². The van der Waals surface area contributed by atoms with E-state index in [1.807, 2.05) is 19.1 Å². The number of amides is 1. The number of aryl methyl sites for hydroxylation is 1. The van der Waals surface area contributed by atoms with Crippen molar-refractivity contribution in [3.8, 4) is 5.75 Å². The van der Waals surface area contributed by atoms with E-state index in [4.69, 9.17) is 4.74 Å². The first kappa shape index (κ1) is 13.8. The third-order valence-electron chi connectivity index (χ3n) is 2.84. The number of ether oxygens (including phenoxy) is 1. The van der Waals surface area contributed by atoms with Crippen LogP contribution < -0.4 is 10.1 Å². The highest BCUT2D eigenvalue weighted by molar-refractivity contribution is 6.47. The van der Waals surface area contributed by atoms with E-state index in [-0.39, 0.29) is 5.56 Å². The number of methoxy groups -OCH3 is 1. The van der Waals surface area contributed by atoms with Gasteiger partial charge in [0, 0.05) is 5.69 Å². The number of anilines is 1. The summed E-state index contributed by atoms with van der Waals surface area (Å²) >= 11 is 0. The Labute approximate surface area is 117 Å². The molecule has 102 valence electrons. The van der Waals surface area contributed by atoms with Gasteiger partial charge >= 0.3 is 0 Å². The van der Waals surface area contributed by atoms with Crippen molar-refractivity contribution in [2.24, 2.45) is 0 Å². The summed E-state index contributed by atoms with van der Waals surface area (Å²) in [5.74, 6) is -0.904. The van der Waals surface area contributed by atoms with E-state index in [1.165, 1.54) is 7.11 Å². The second-order valence-corrected chi connectivity index (χ2v) is 4.35. The summed E-state index contributed by atoms with van der Waals surface area (Å²) in [6, 6.07) is 14.0. The van der Waals surface area contributed by atoms with Crippen LogP contribution in [0, 0.1) is 6.92 Å². The number of para-hydroxylation sites is 1. The largest absolute Gasteiger partial charge is 0.496 e. The first-order valence-electron chi connectivity index (χ1n) is 6.17. The monoisotopic (exact) mass is 269 g/mol. The maximum absolute atomic E-state index is 12.2. The third kappa shape index (κ3) is 3.03. The van der Waals surface area contributed by atoms with Crippen molar-refractivity contribution in [1.82, 2.24) is 0 Å². The Morgan fingerprint density at radius 1 is 1.05 bits per heavy atom. The highest BCUT2D eigenvalue weighted by atomic mass is 16.5. The molecule has 1 N–H and O–H groups in total. The third-order valence-corrected chi connectivity index (χ3v) is 2.84. The molecule has 0 saturated carbocycles. The van der Waals surface area contributed by atoms with Crippen LogP contribution in [0.1, 0.15) is 15.9 Å². The zero-order valence-electron chi connectivity index (χ0n) is 11.3. The van der Waals surface area contributed by atoms with Gasteiger partial charge in [-0.15, -0.1) is 0 Å². The summed E-state index contributed by atoms with van der Waals surface area (Å²) < 4.78 is 5.12. The zero-order chi connectivity index (χ0) is 14.5. The predicted octanol–water partition coefficient (Wildman–Crippen LogP) is 2.83. The second-order valence-electron chi connectivity index (χ2n) is 4.35. The molecule has 2 rings (SSSR count). The van der Waals surface area contributed by atoms with Gasteiger partial charge in [0.25, 0.3) is 11.7 Å². The zero-order valence-corrected chi connectivity index (χ0v) is 11.3. The molecule has 0 heterocycles. The van der Waals surface area contributed by atoms with Crippen LogP contribution in [0.15, 0.2) is 48.5 Å². The summed E-state index contributed by atoms with van der Waals surface area (Å²) in [5.41, 5.74) is 1.74. The fraction of sp³-hybridized carbons (Fsp3) is 0.125. The minimum absolute atomic E-state index is 0.265. The lowest BCUT2D eigenvalue weighted by atomic mass is 10.1. The fourth-order valence-electron chi connectivity index (χ4n) is 1.83. The minimum Gasteiger partial charge on any atom is -0.496 e. The number of hydrogen-bond acceptors (Lipinski definition) is 3. The van der Waals surface area contributed by atoms with Gasteiger partial charge in [-0.25, -0.2) is 0 Å². The van der Waals surface area contributed by atoms with Gasteiger partial charge in [0.15, 0.2) is 0 Å². The Hall–Kier alpha value is -2.62. The van der Waals surface area contributed by atoms with E-state index < -0.39 is 11.7 Å². The van der Waals surface area contributed by atoms with Gasteiger partial charge in [0.2, 0.25) is 0 Å². The van der Waals surface area contributed by atoms with Crippen molar-refractivity contribution in [3.63, 3.8) is 0 Å². The van der Waals surface area contributed by atoms with E-state index in [1.54, 1.807) is 36.4 Å². The van der Waals surface area contributed by atoms with E-state index >= 15 is 0 Å². The van der Waals surface area contributed by atoms with Crippen molar-refractivity contribution in [1.29, 1.82) is 0 Å². The summed E-state index contributed by atoms with van der Waals surface area (Å²) in [5, 5.41) is 2.57. The quantitative estimate of drug-likeness (QED) is 0.686. The highest BCUT2D eigenvalue weighted by Gasteiger charge is 2.20. The number of benzene rings is 2.